The molecule has 15 heavy (non-hydrogen) atoms. The first-order valence-electron chi connectivity index (χ1n) is 5.15. The third kappa shape index (κ3) is 11.6. The summed E-state index contributed by atoms with van der Waals surface area (Å²) in [6.45, 7) is 7.83. The highest BCUT2D eigenvalue weighted by Crippen LogP contribution is 1.98. The highest BCUT2D eigenvalue weighted by molar-refractivity contribution is 5.85. The van der Waals surface area contributed by atoms with Gasteiger partial charge in [0.25, 0.3) is 0 Å². The van der Waals surface area contributed by atoms with Gasteiger partial charge in [-0.15, -0.1) is 12.4 Å². The van der Waals surface area contributed by atoms with Crippen LogP contribution in [0.25, 0.3) is 0 Å². The summed E-state index contributed by atoms with van der Waals surface area (Å²) in [7, 11) is 0. The summed E-state index contributed by atoms with van der Waals surface area (Å²) >= 11 is 0. The SMILES string of the molecule is CC(C)CCOCCNC(=O)C(C)N.Cl. The zero-order chi connectivity index (χ0) is 11.0. The first kappa shape index (κ1) is 17.1. The molecule has 4 nitrogen and oxygen atoms in total. The number of rotatable bonds is 7. The number of hydrogen-bond donors (Lipinski definition) is 2. The molecule has 1 unspecified atom stereocenters. The molecule has 0 aromatic rings. The first-order chi connectivity index (χ1) is 6.54. The lowest BCUT2D eigenvalue weighted by atomic mass is 10.1. The van der Waals surface area contributed by atoms with E-state index in [1.165, 1.54) is 0 Å². The van der Waals surface area contributed by atoms with Gasteiger partial charge in [0.1, 0.15) is 0 Å². The topological polar surface area (TPSA) is 64.3 Å². The largest absolute Gasteiger partial charge is 0.380 e. The minimum atomic E-state index is -0.439. The Morgan fingerprint density at radius 3 is 2.40 bits per heavy atom. The van der Waals surface area contributed by atoms with Crippen LogP contribution in [0.15, 0.2) is 0 Å². The Morgan fingerprint density at radius 1 is 1.33 bits per heavy atom. The number of ether oxygens (including phenoxy) is 1. The van der Waals surface area contributed by atoms with Crippen LogP contribution in [0, 0.1) is 5.92 Å². The predicted molar refractivity (Wildman–Crippen MR) is 64.2 cm³/mol. The standard InChI is InChI=1S/C10H22N2O2.ClH/c1-8(2)4-6-14-7-5-12-10(13)9(3)11;/h8-9H,4-7,11H2,1-3H3,(H,12,13);1H. The maximum Gasteiger partial charge on any atom is 0.236 e. The Morgan fingerprint density at radius 2 is 1.93 bits per heavy atom. The van der Waals surface area contributed by atoms with Crippen molar-refractivity contribution in [2.75, 3.05) is 19.8 Å². The van der Waals surface area contributed by atoms with Gasteiger partial charge in [0.2, 0.25) is 5.91 Å². The fourth-order valence-electron chi connectivity index (χ4n) is 0.828. The highest BCUT2D eigenvalue weighted by atomic mass is 35.5. The molecule has 0 bridgehead atoms. The normalized spacial score (nSPS) is 12.1. The molecule has 0 saturated carbocycles. The van der Waals surface area contributed by atoms with Crippen LogP contribution in [0.4, 0.5) is 0 Å². The van der Waals surface area contributed by atoms with Crippen molar-refractivity contribution in [1.29, 1.82) is 0 Å². The van der Waals surface area contributed by atoms with Crippen LogP contribution in [0.5, 0.6) is 0 Å². The first-order valence-corrected chi connectivity index (χ1v) is 5.15. The van der Waals surface area contributed by atoms with E-state index in [0.29, 0.717) is 19.1 Å². The minimum absolute atomic E-state index is 0. The van der Waals surface area contributed by atoms with Gasteiger partial charge in [-0.25, -0.2) is 0 Å². The summed E-state index contributed by atoms with van der Waals surface area (Å²) in [5.41, 5.74) is 5.36. The lowest BCUT2D eigenvalue weighted by molar-refractivity contribution is -0.122. The van der Waals surface area contributed by atoms with Crippen LogP contribution in [0.2, 0.25) is 0 Å². The highest BCUT2D eigenvalue weighted by Gasteiger charge is 2.04. The molecule has 92 valence electrons. The monoisotopic (exact) mass is 238 g/mol. The van der Waals surface area contributed by atoms with Crippen LogP contribution in [-0.4, -0.2) is 31.7 Å². The molecular formula is C10H23ClN2O2. The number of halogens is 1. The molecule has 0 saturated heterocycles. The van der Waals surface area contributed by atoms with Crippen LogP contribution in [-0.2, 0) is 9.53 Å². The van der Waals surface area contributed by atoms with Gasteiger partial charge in [-0.05, 0) is 19.3 Å². The Labute approximate surface area is 98.3 Å². The molecule has 0 radical (unpaired) electrons. The summed E-state index contributed by atoms with van der Waals surface area (Å²) in [5.74, 6) is 0.533. The van der Waals surface area contributed by atoms with E-state index in [0.717, 1.165) is 13.0 Å². The molecule has 0 spiro atoms. The fourth-order valence-corrected chi connectivity index (χ4v) is 0.828. The number of nitrogens with two attached hydrogens (primary N) is 1. The lowest BCUT2D eigenvalue weighted by Crippen LogP contribution is -2.39. The molecule has 0 rings (SSSR count). The van der Waals surface area contributed by atoms with Gasteiger partial charge in [0.15, 0.2) is 0 Å². The summed E-state index contributed by atoms with van der Waals surface area (Å²) in [6.07, 6.45) is 1.06. The van der Waals surface area contributed by atoms with Gasteiger partial charge < -0.3 is 15.8 Å². The van der Waals surface area contributed by atoms with E-state index in [2.05, 4.69) is 19.2 Å². The average Bonchev–Trinajstić information content (AvgIpc) is 2.09. The maximum absolute atomic E-state index is 11.0. The Hall–Kier alpha value is -0.320. The van der Waals surface area contributed by atoms with Crippen molar-refractivity contribution < 1.29 is 9.53 Å². The second-order valence-corrected chi connectivity index (χ2v) is 3.87. The molecule has 0 fully saturated rings. The van der Waals surface area contributed by atoms with Crippen molar-refractivity contribution in [2.24, 2.45) is 11.7 Å². The Bertz CT molecular complexity index is 164. The van der Waals surface area contributed by atoms with Crippen LogP contribution < -0.4 is 11.1 Å². The molecule has 0 aliphatic heterocycles. The fraction of sp³-hybridized carbons (Fsp3) is 0.900. The van der Waals surface area contributed by atoms with E-state index in [9.17, 15) is 4.79 Å². The number of hydrogen-bond acceptors (Lipinski definition) is 3. The molecule has 0 aliphatic carbocycles. The van der Waals surface area contributed by atoms with Gasteiger partial charge in [-0.1, -0.05) is 13.8 Å². The molecule has 0 aromatic heterocycles. The van der Waals surface area contributed by atoms with E-state index in [1.54, 1.807) is 6.92 Å². The van der Waals surface area contributed by atoms with E-state index in [1.807, 2.05) is 0 Å². The second-order valence-electron chi connectivity index (χ2n) is 3.87. The molecule has 1 amide bonds. The second kappa shape index (κ2) is 10.2. The summed E-state index contributed by atoms with van der Waals surface area (Å²) < 4.78 is 5.32. The molecule has 3 N–H and O–H groups in total. The zero-order valence-electron chi connectivity index (χ0n) is 9.79. The third-order valence-electron chi connectivity index (χ3n) is 1.80. The van der Waals surface area contributed by atoms with Gasteiger partial charge >= 0.3 is 0 Å². The molecule has 0 aromatic carbocycles. The molecule has 1 atom stereocenters. The number of carbonyl (C=O) groups excluding carboxylic acids is 1. The van der Waals surface area contributed by atoms with E-state index in [-0.39, 0.29) is 18.3 Å². The van der Waals surface area contributed by atoms with Crippen LogP contribution in [0.3, 0.4) is 0 Å². The predicted octanol–water partition coefficient (Wildman–Crippen LogP) is 0.934. The lowest BCUT2D eigenvalue weighted by Gasteiger charge is -2.09. The minimum Gasteiger partial charge on any atom is -0.380 e. The van der Waals surface area contributed by atoms with E-state index >= 15 is 0 Å². The number of nitrogens with one attached hydrogen (secondary N) is 1. The smallest absolute Gasteiger partial charge is 0.236 e. The summed E-state index contributed by atoms with van der Waals surface area (Å²) in [5, 5.41) is 2.68. The van der Waals surface area contributed by atoms with Crippen LogP contribution >= 0.6 is 12.4 Å². The van der Waals surface area contributed by atoms with Crippen molar-refractivity contribution in [1.82, 2.24) is 5.32 Å². The third-order valence-corrected chi connectivity index (χ3v) is 1.80. The summed E-state index contributed by atoms with van der Waals surface area (Å²) in [4.78, 5) is 11.0. The molecule has 0 aliphatic rings. The molecule has 0 heterocycles. The average molecular weight is 239 g/mol. The summed E-state index contributed by atoms with van der Waals surface area (Å²) in [6, 6.07) is -0.439. The van der Waals surface area contributed by atoms with Crippen LogP contribution in [0.1, 0.15) is 27.2 Å². The van der Waals surface area contributed by atoms with Gasteiger partial charge in [0.05, 0.1) is 12.6 Å². The van der Waals surface area contributed by atoms with Gasteiger partial charge in [-0.2, -0.15) is 0 Å². The van der Waals surface area contributed by atoms with Crippen molar-refractivity contribution in [2.45, 2.75) is 33.2 Å². The van der Waals surface area contributed by atoms with E-state index in [4.69, 9.17) is 10.5 Å². The Balaban J connectivity index is 0. The Kier molecular flexibility index (Phi) is 11.6. The molecule has 5 heteroatoms. The molecular weight excluding hydrogens is 216 g/mol. The van der Waals surface area contributed by atoms with Crippen molar-refractivity contribution in [3.05, 3.63) is 0 Å². The quantitative estimate of drug-likeness (QED) is 0.649. The zero-order valence-corrected chi connectivity index (χ0v) is 10.6. The van der Waals surface area contributed by atoms with Crippen molar-refractivity contribution >= 4 is 18.3 Å². The van der Waals surface area contributed by atoms with E-state index < -0.39 is 6.04 Å². The van der Waals surface area contributed by atoms with Gasteiger partial charge in [0, 0.05) is 13.2 Å². The maximum atomic E-state index is 11.0. The van der Waals surface area contributed by atoms with Crippen molar-refractivity contribution in [3.8, 4) is 0 Å². The van der Waals surface area contributed by atoms with Gasteiger partial charge in [-0.3, -0.25) is 4.79 Å². The van der Waals surface area contributed by atoms with Crippen molar-refractivity contribution in [3.63, 3.8) is 0 Å². The number of amides is 1. The number of carbonyl (C=O) groups is 1.